The normalized spacial score (nSPS) is 19.3. The van der Waals surface area contributed by atoms with Crippen molar-refractivity contribution in [3.8, 4) is 6.07 Å². The lowest BCUT2D eigenvalue weighted by Gasteiger charge is -2.26. The summed E-state index contributed by atoms with van der Waals surface area (Å²) in [5, 5.41) is 9.12. The van der Waals surface area contributed by atoms with Crippen LogP contribution in [0.25, 0.3) is 0 Å². The Hall–Kier alpha value is -3.89. The van der Waals surface area contributed by atoms with Crippen LogP contribution >= 0.6 is 11.6 Å². The molecule has 1 unspecified atom stereocenters. The Morgan fingerprint density at radius 2 is 1.76 bits per heavy atom. The molecule has 0 spiro atoms. The molecule has 222 valence electrons. The van der Waals surface area contributed by atoms with Gasteiger partial charge in [-0.15, -0.1) is 0 Å². The number of carbonyl (C=O) groups is 3. The summed E-state index contributed by atoms with van der Waals surface area (Å²) in [7, 11) is -3.49. The van der Waals surface area contributed by atoms with E-state index in [0.29, 0.717) is 17.5 Å². The molecule has 9 nitrogen and oxygen atoms in total. The minimum absolute atomic E-state index is 0.00781. The van der Waals surface area contributed by atoms with Gasteiger partial charge in [-0.25, -0.2) is 18.1 Å². The van der Waals surface area contributed by atoms with Gasteiger partial charge in [0.15, 0.2) is 9.84 Å². The topological polar surface area (TPSA) is 119 Å². The average Bonchev–Trinajstić information content (AvgIpc) is 3.34. The number of alkyl halides is 3. The Kier molecular flexibility index (Phi) is 8.19. The van der Waals surface area contributed by atoms with E-state index in [1.807, 2.05) is 0 Å². The standard InChI is InChI=1S/C28H26ClF3N4O5S/c1-27(2)25(38)36(20-8-6-18(15-33)21(14-20)28(30,31)32)26(39)35(27)11-5-4-10-34-16-19(13-24(34)37)17-7-9-23(22(29)12-17)42(3,40)41/h4-9,12,14,19H,10-11,13,16H2,1-3H3. The van der Waals surface area contributed by atoms with E-state index in [0.717, 1.165) is 24.0 Å². The Balaban J connectivity index is 1.44. The molecule has 2 aromatic carbocycles. The Labute approximate surface area is 245 Å². The highest BCUT2D eigenvalue weighted by molar-refractivity contribution is 7.90. The number of rotatable bonds is 7. The average molecular weight is 623 g/mol. The van der Waals surface area contributed by atoms with Gasteiger partial charge < -0.3 is 9.80 Å². The van der Waals surface area contributed by atoms with E-state index in [9.17, 15) is 36.0 Å². The van der Waals surface area contributed by atoms with Gasteiger partial charge in [0, 0.05) is 38.2 Å². The third-order valence-electron chi connectivity index (χ3n) is 7.33. The van der Waals surface area contributed by atoms with Gasteiger partial charge in [-0.3, -0.25) is 9.59 Å². The Morgan fingerprint density at radius 1 is 1.10 bits per heavy atom. The molecule has 4 rings (SSSR count). The number of nitriles is 1. The van der Waals surface area contributed by atoms with Gasteiger partial charge in [-0.1, -0.05) is 29.8 Å². The van der Waals surface area contributed by atoms with E-state index >= 15 is 0 Å². The van der Waals surface area contributed by atoms with Gasteiger partial charge in [-0.05, 0) is 49.7 Å². The molecule has 1 atom stereocenters. The summed E-state index contributed by atoms with van der Waals surface area (Å²) >= 11 is 6.15. The lowest BCUT2D eigenvalue weighted by atomic mass is 9.98. The summed E-state index contributed by atoms with van der Waals surface area (Å²) in [4.78, 5) is 42.4. The molecule has 2 aliphatic rings. The number of amides is 4. The quantitative estimate of drug-likeness (QED) is 0.325. The lowest BCUT2D eigenvalue weighted by molar-refractivity contribution is -0.137. The first kappa shape index (κ1) is 31.1. The number of hydrogen-bond acceptors (Lipinski definition) is 6. The number of benzene rings is 2. The number of halogens is 4. The molecule has 0 saturated carbocycles. The fraction of sp³-hybridized carbons (Fsp3) is 0.357. The summed E-state index contributed by atoms with van der Waals surface area (Å²) in [5.41, 5.74) is -2.82. The SMILES string of the molecule is CC1(C)C(=O)N(c2ccc(C#N)c(C(F)(F)F)c2)C(=O)N1CC=CCN1CC(c2ccc(S(C)(=O)=O)c(Cl)c2)CC1=O. The molecule has 2 aromatic rings. The fourth-order valence-electron chi connectivity index (χ4n) is 5.00. The zero-order valence-electron chi connectivity index (χ0n) is 22.8. The number of nitrogens with zero attached hydrogens (tertiary/aromatic N) is 4. The Morgan fingerprint density at radius 3 is 2.36 bits per heavy atom. The van der Waals surface area contributed by atoms with Gasteiger partial charge in [0.05, 0.1) is 32.8 Å². The molecule has 0 aliphatic carbocycles. The van der Waals surface area contributed by atoms with Crippen molar-refractivity contribution in [3.63, 3.8) is 0 Å². The molecule has 0 N–H and O–H groups in total. The van der Waals surface area contributed by atoms with E-state index in [4.69, 9.17) is 16.9 Å². The van der Waals surface area contributed by atoms with Crippen LogP contribution < -0.4 is 4.90 Å². The maximum Gasteiger partial charge on any atom is 0.417 e. The van der Waals surface area contributed by atoms with Gasteiger partial charge in [0.1, 0.15) is 5.54 Å². The van der Waals surface area contributed by atoms with E-state index in [-0.39, 0.29) is 46.9 Å². The van der Waals surface area contributed by atoms with Crippen LogP contribution in [-0.4, -0.2) is 67.5 Å². The highest BCUT2D eigenvalue weighted by Crippen LogP contribution is 2.38. The highest BCUT2D eigenvalue weighted by atomic mass is 35.5. The third kappa shape index (κ3) is 5.87. The van der Waals surface area contributed by atoms with Gasteiger partial charge in [-0.2, -0.15) is 18.4 Å². The number of imide groups is 1. The van der Waals surface area contributed by atoms with Crippen LogP contribution in [-0.2, 0) is 25.6 Å². The summed E-state index contributed by atoms with van der Waals surface area (Å²) in [5.74, 6) is -1.05. The molecule has 42 heavy (non-hydrogen) atoms. The molecule has 0 bridgehead atoms. The molecule has 0 radical (unpaired) electrons. The minimum Gasteiger partial charge on any atom is -0.338 e. The van der Waals surface area contributed by atoms with Crippen LogP contribution in [0.3, 0.4) is 0 Å². The number of anilines is 1. The Bertz CT molecular complexity index is 1650. The molecular weight excluding hydrogens is 597 g/mol. The van der Waals surface area contributed by atoms with Crippen molar-refractivity contribution in [1.82, 2.24) is 9.80 Å². The van der Waals surface area contributed by atoms with Crippen molar-refractivity contribution in [1.29, 1.82) is 5.26 Å². The first-order valence-corrected chi connectivity index (χ1v) is 14.9. The van der Waals surface area contributed by atoms with Gasteiger partial charge >= 0.3 is 12.2 Å². The number of hydrogen-bond donors (Lipinski definition) is 0. The lowest BCUT2D eigenvalue weighted by Crippen LogP contribution is -2.44. The number of sulfone groups is 1. The molecular formula is C28H26ClF3N4O5S. The second-order valence-corrected chi connectivity index (χ2v) is 13.0. The van der Waals surface area contributed by atoms with Crippen molar-refractivity contribution in [3.05, 3.63) is 70.3 Å². The predicted octanol–water partition coefficient (Wildman–Crippen LogP) is 4.75. The second kappa shape index (κ2) is 11.1. The van der Waals surface area contributed by atoms with Crippen molar-refractivity contribution < 1.29 is 36.0 Å². The molecule has 0 aromatic heterocycles. The zero-order chi connectivity index (χ0) is 31.2. The highest BCUT2D eigenvalue weighted by Gasteiger charge is 2.51. The second-order valence-electron chi connectivity index (χ2n) is 10.6. The van der Waals surface area contributed by atoms with Crippen molar-refractivity contribution in [2.24, 2.45) is 0 Å². The smallest absolute Gasteiger partial charge is 0.338 e. The van der Waals surface area contributed by atoms with Crippen LogP contribution in [0.4, 0.5) is 23.7 Å². The van der Waals surface area contributed by atoms with Crippen molar-refractivity contribution >= 4 is 45.0 Å². The minimum atomic E-state index is -4.86. The summed E-state index contributed by atoms with van der Waals surface area (Å²) < 4.78 is 64.1. The summed E-state index contributed by atoms with van der Waals surface area (Å²) in [6.45, 7) is 3.46. The van der Waals surface area contributed by atoms with Crippen LogP contribution in [0, 0.1) is 11.3 Å². The van der Waals surface area contributed by atoms with Crippen molar-refractivity contribution in [2.75, 3.05) is 30.8 Å². The molecule has 14 heteroatoms. The zero-order valence-corrected chi connectivity index (χ0v) is 24.3. The maximum atomic E-state index is 13.5. The summed E-state index contributed by atoms with van der Waals surface area (Å²) in [6, 6.07) is 7.90. The first-order chi connectivity index (χ1) is 19.5. The third-order valence-corrected chi connectivity index (χ3v) is 8.91. The van der Waals surface area contributed by atoms with E-state index < -0.39 is 44.6 Å². The van der Waals surface area contributed by atoms with Crippen LogP contribution in [0.2, 0.25) is 5.02 Å². The van der Waals surface area contributed by atoms with Crippen LogP contribution in [0.1, 0.15) is 42.9 Å². The predicted molar refractivity (Wildman–Crippen MR) is 147 cm³/mol. The fourth-order valence-corrected chi connectivity index (χ4v) is 6.34. The van der Waals surface area contributed by atoms with Gasteiger partial charge in [0.25, 0.3) is 5.91 Å². The molecule has 2 heterocycles. The van der Waals surface area contributed by atoms with Crippen LogP contribution in [0.15, 0.2) is 53.4 Å². The summed E-state index contributed by atoms with van der Waals surface area (Å²) in [6.07, 6.45) is -0.354. The van der Waals surface area contributed by atoms with E-state index in [2.05, 4.69) is 0 Å². The monoisotopic (exact) mass is 622 g/mol. The molecule has 2 saturated heterocycles. The number of carbonyl (C=O) groups excluding carboxylic acids is 3. The van der Waals surface area contributed by atoms with Crippen LogP contribution in [0.5, 0.6) is 0 Å². The largest absolute Gasteiger partial charge is 0.417 e. The van der Waals surface area contributed by atoms with Gasteiger partial charge in [0.2, 0.25) is 5.91 Å². The molecule has 4 amide bonds. The van der Waals surface area contributed by atoms with E-state index in [1.165, 1.54) is 30.9 Å². The van der Waals surface area contributed by atoms with Crippen molar-refractivity contribution in [2.45, 2.75) is 42.8 Å². The molecule has 2 aliphatic heterocycles. The maximum absolute atomic E-state index is 13.5. The number of urea groups is 1. The molecule has 2 fully saturated rings. The first-order valence-electron chi connectivity index (χ1n) is 12.7. The van der Waals surface area contributed by atoms with E-state index in [1.54, 1.807) is 29.2 Å². The number of likely N-dealkylation sites (tertiary alicyclic amines) is 1.